The van der Waals surface area contributed by atoms with E-state index in [0.29, 0.717) is 5.65 Å². The molecule has 0 atom stereocenters. The van der Waals surface area contributed by atoms with Gasteiger partial charge in [0, 0.05) is 5.56 Å². The third kappa shape index (κ3) is 1.79. The van der Waals surface area contributed by atoms with Gasteiger partial charge in [-0.15, -0.1) is 5.10 Å². The van der Waals surface area contributed by atoms with Gasteiger partial charge in [-0.25, -0.2) is 9.50 Å². The Morgan fingerprint density at radius 3 is 2.63 bits per heavy atom. The highest BCUT2D eigenvalue weighted by Gasteiger charge is 2.13. The summed E-state index contributed by atoms with van der Waals surface area (Å²) in [6.45, 7) is 0. The lowest BCUT2D eigenvalue weighted by Gasteiger charge is -2.06. The molecule has 0 spiro atoms. The normalized spacial score (nSPS) is 10.7. The van der Waals surface area contributed by atoms with Crippen molar-refractivity contribution in [3.05, 3.63) is 48.3 Å². The first-order valence-corrected chi connectivity index (χ1v) is 5.52. The number of phenols is 1. The van der Waals surface area contributed by atoms with Crippen molar-refractivity contribution in [2.45, 2.75) is 0 Å². The van der Waals surface area contributed by atoms with Gasteiger partial charge in [0.25, 0.3) is 5.91 Å². The lowest BCUT2D eigenvalue weighted by atomic mass is 10.1. The number of carbonyl (C=O) groups is 1. The Morgan fingerprint density at radius 1 is 1.21 bits per heavy atom. The molecule has 93 valence electrons. The summed E-state index contributed by atoms with van der Waals surface area (Å²) in [6.07, 6.45) is 2.46. The minimum Gasteiger partial charge on any atom is -0.508 e. The van der Waals surface area contributed by atoms with E-state index < -0.39 is 5.91 Å². The zero-order chi connectivity index (χ0) is 13.4. The molecule has 0 unspecified atom stereocenters. The predicted octanol–water partition coefficient (Wildman–Crippen LogP) is 1.00. The maximum absolute atomic E-state index is 11.3. The summed E-state index contributed by atoms with van der Waals surface area (Å²) in [5.74, 6) is -0.387. The van der Waals surface area contributed by atoms with E-state index in [9.17, 15) is 9.90 Å². The third-order valence-corrected chi connectivity index (χ3v) is 2.81. The van der Waals surface area contributed by atoms with Crippen molar-refractivity contribution >= 4 is 11.6 Å². The molecule has 0 aliphatic heterocycles. The van der Waals surface area contributed by atoms with Crippen molar-refractivity contribution in [1.29, 1.82) is 0 Å². The number of amides is 1. The summed E-state index contributed by atoms with van der Waals surface area (Å²) in [5, 5.41) is 13.3. The first kappa shape index (κ1) is 11.2. The fourth-order valence-corrected chi connectivity index (χ4v) is 1.90. The molecule has 0 fully saturated rings. The average Bonchev–Trinajstić information content (AvgIpc) is 2.87. The molecule has 3 N–H and O–H groups in total. The van der Waals surface area contributed by atoms with Crippen molar-refractivity contribution in [3.8, 4) is 17.0 Å². The van der Waals surface area contributed by atoms with Gasteiger partial charge in [0.15, 0.2) is 5.65 Å². The molecule has 0 aliphatic carbocycles. The number of pyridine rings is 1. The van der Waals surface area contributed by atoms with E-state index in [1.54, 1.807) is 36.4 Å². The van der Waals surface area contributed by atoms with Crippen LogP contribution >= 0.6 is 0 Å². The quantitative estimate of drug-likeness (QED) is 0.712. The lowest BCUT2D eigenvalue weighted by Crippen LogP contribution is -2.13. The van der Waals surface area contributed by atoms with Gasteiger partial charge < -0.3 is 10.8 Å². The fourth-order valence-electron chi connectivity index (χ4n) is 1.90. The number of rotatable bonds is 2. The number of carbonyl (C=O) groups excluding carboxylic acids is 1. The number of benzene rings is 1. The van der Waals surface area contributed by atoms with E-state index in [-0.39, 0.29) is 11.3 Å². The first-order valence-electron chi connectivity index (χ1n) is 5.52. The van der Waals surface area contributed by atoms with Crippen LogP contribution in [0.1, 0.15) is 10.4 Å². The number of hydrogen-bond donors (Lipinski definition) is 2. The topological polar surface area (TPSA) is 93.5 Å². The second-order valence-electron chi connectivity index (χ2n) is 3.99. The third-order valence-electron chi connectivity index (χ3n) is 2.81. The van der Waals surface area contributed by atoms with Crippen molar-refractivity contribution in [2.24, 2.45) is 5.73 Å². The molecule has 3 aromatic rings. The molecule has 1 amide bonds. The molecule has 3 rings (SSSR count). The Hall–Kier alpha value is -2.89. The van der Waals surface area contributed by atoms with Crippen LogP contribution < -0.4 is 5.73 Å². The van der Waals surface area contributed by atoms with Gasteiger partial charge in [-0.2, -0.15) is 0 Å². The molecule has 0 bridgehead atoms. The summed E-state index contributed by atoms with van der Waals surface area (Å²) in [4.78, 5) is 15.2. The van der Waals surface area contributed by atoms with Crippen LogP contribution in [0.25, 0.3) is 16.9 Å². The minimum atomic E-state index is -0.566. The van der Waals surface area contributed by atoms with Crippen LogP contribution in [-0.4, -0.2) is 25.6 Å². The molecule has 6 heteroatoms. The molecular formula is C13H9N4O2. The highest BCUT2D eigenvalue weighted by atomic mass is 16.3. The van der Waals surface area contributed by atoms with E-state index in [4.69, 9.17) is 5.73 Å². The molecule has 0 saturated carbocycles. The van der Waals surface area contributed by atoms with Gasteiger partial charge >= 0.3 is 0 Å². The van der Waals surface area contributed by atoms with Crippen LogP contribution in [0.5, 0.6) is 5.75 Å². The SMILES string of the molecule is NC(=O)c1ccc(-c2ccc(O)cc2)n2n[c]nc12. The molecule has 1 aromatic carbocycles. The van der Waals surface area contributed by atoms with Gasteiger partial charge in [0.1, 0.15) is 5.75 Å². The molecule has 6 nitrogen and oxygen atoms in total. The predicted molar refractivity (Wildman–Crippen MR) is 67.4 cm³/mol. The van der Waals surface area contributed by atoms with Crippen LogP contribution in [0.3, 0.4) is 0 Å². The number of nitrogens with two attached hydrogens (primary N) is 1. The van der Waals surface area contributed by atoms with E-state index >= 15 is 0 Å². The van der Waals surface area contributed by atoms with E-state index in [0.717, 1.165) is 11.3 Å². The van der Waals surface area contributed by atoms with Crippen LogP contribution in [-0.2, 0) is 0 Å². The minimum absolute atomic E-state index is 0.180. The molecular weight excluding hydrogens is 244 g/mol. The number of aromatic hydroxyl groups is 1. The van der Waals surface area contributed by atoms with Gasteiger partial charge in [-0.1, -0.05) is 0 Å². The highest BCUT2D eigenvalue weighted by molar-refractivity contribution is 5.99. The van der Waals surface area contributed by atoms with Crippen LogP contribution in [0.15, 0.2) is 36.4 Å². The molecule has 0 saturated heterocycles. The first-order chi connectivity index (χ1) is 9.16. The Kier molecular flexibility index (Phi) is 2.42. The van der Waals surface area contributed by atoms with Gasteiger partial charge in [-0.05, 0) is 36.4 Å². The van der Waals surface area contributed by atoms with Crippen molar-refractivity contribution in [1.82, 2.24) is 14.6 Å². The highest BCUT2D eigenvalue weighted by Crippen LogP contribution is 2.23. The molecule has 0 aliphatic rings. The number of fused-ring (bicyclic) bond motifs is 1. The molecule has 1 radical (unpaired) electrons. The fraction of sp³-hybridized carbons (Fsp3) is 0. The summed E-state index contributed by atoms with van der Waals surface area (Å²) < 4.78 is 1.49. The monoisotopic (exact) mass is 253 g/mol. The Balaban J connectivity index is 2.26. The Morgan fingerprint density at radius 2 is 1.95 bits per heavy atom. The number of aromatic nitrogens is 3. The molecule has 2 heterocycles. The average molecular weight is 253 g/mol. The summed E-state index contributed by atoms with van der Waals surface area (Å²) >= 11 is 0. The van der Waals surface area contributed by atoms with E-state index in [1.807, 2.05) is 0 Å². The number of phenolic OH excluding ortho intramolecular Hbond substituents is 1. The van der Waals surface area contributed by atoms with Crippen LogP contribution in [0.2, 0.25) is 0 Å². The lowest BCUT2D eigenvalue weighted by molar-refractivity contribution is 0.100. The number of primary amides is 1. The Bertz CT molecular complexity index is 762. The maximum atomic E-state index is 11.3. The number of nitrogens with zero attached hydrogens (tertiary/aromatic N) is 3. The standard InChI is InChI=1S/C13H9N4O2/c14-12(19)10-5-6-11(17-13(10)15-7-16-17)8-1-3-9(18)4-2-8/h1-6,18H,(H2,14,19). The largest absolute Gasteiger partial charge is 0.508 e. The van der Waals surface area contributed by atoms with Gasteiger partial charge in [-0.3, -0.25) is 4.79 Å². The zero-order valence-corrected chi connectivity index (χ0v) is 9.74. The van der Waals surface area contributed by atoms with Gasteiger partial charge in [0.2, 0.25) is 6.33 Å². The molecule has 2 aromatic heterocycles. The van der Waals surface area contributed by atoms with Crippen molar-refractivity contribution < 1.29 is 9.90 Å². The zero-order valence-electron chi connectivity index (χ0n) is 9.74. The van der Waals surface area contributed by atoms with Crippen molar-refractivity contribution in [2.75, 3.05) is 0 Å². The molecule has 19 heavy (non-hydrogen) atoms. The van der Waals surface area contributed by atoms with Crippen LogP contribution in [0.4, 0.5) is 0 Å². The van der Waals surface area contributed by atoms with Crippen LogP contribution in [0, 0.1) is 6.33 Å². The Labute approximate surface area is 108 Å². The van der Waals surface area contributed by atoms with Gasteiger partial charge in [0.05, 0.1) is 11.3 Å². The smallest absolute Gasteiger partial charge is 0.252 e. The van der Waals surface area contributed by atoms with Crippen molar-refractivity contribution in [3.63, 3.8) is 0 Å². The summed E-state index contributed by atoms with van der Waals surface area (Å²) in [5.41, 5.74) is 7.49. The second kappa shape index (κ2) is 4.09. The number of hydrogen-bond acceptors (Lipinski definition) is 4. The summed E-state index contributed by atoms with van der Waals surface area (Å²) in [6, 6.07) is 9.96. The second-order valence-corrected chi connectivity index (χ2v) is 3.99. The summed E-state index contributed by atoms with van der Waals surface area (Å²) in [7, 11) is 0. The van der Waals surface area contributed by atoms with E-state index in [2.05, 4.69) is 16.4 Å². The maximum Gasteiger partial charge on any atom is 0.252 e. The van der Waals surface area contributed by atoms with E-state index in [1.165, 1.54) is 4.52 Å².